The predicted octanol–water partition coefficient (Wildman–Crippen LogP) is 1.02. The molecule has 0 aromatic carbocycles. The highest BCUT2D eigenvalue weighted by Crippen LogP contribution is 1.61. The Balaban J connectivity index is 0. The van der Waals surface area contributed by atoms with Gasteiger partial charge in [0.15, 0.2) is 0 Å². The molecule has 0 aliphatic rings. The molecule has 0 amide bonds. The van der Waals surface area contributed by atoms with E-state index < -0.39 is 0 Å². The number of terminal acetylenes is 1. The average molecular weight is 91.5 g/mol. The Labute approximate surface area is 36.9 Å². The summed E-state index contributed by atoms with van der Waals surface area (Å²) in [6.07, 6.45) is 4.65. The molecular formula is C3H6ClN. The lowest BCUT2D eigenvalue weighted by molar-refractivity contribution is 1.94. The SMILES string of the molecule is C#CCCl.N. The van der Waals surface area contributed by atoms with E-state index in [-0.39, 0.29) is 6.15 Å². The number of halogens is 1. The third-order valence-corrected chi connectivity index (χ3v) is 0.231. The lowest BCUT2D eigenvalue weighted by atomic mass is 10.8. The maximum atomic E-state index is 4.95. The fourth-order valence-corrected chi connectivity index (χ4v) is 0. The third-order valence-electron chi connectivity index (χ3n) is 0.0772. The molecule has 0 heterocycles. The first-order chi connectivity index (χ1) is 1.91. The lowest BCUT2D eigenvalue weighted by Crippen LogP contribution is -1.47. The average Bonchev–Trinajstić information content (AvgIpc) is 1.37. The highest BCUT2D eigenvalue weighted by atomic mass is 35.5. The Bertz CT molecular complexity index is 36.6. The fourth-order valence-electron chi connectivity index (χ4n) is 0. The molecule has 5 heavy (non-hydrogen) atoms. The Kier molecular flexibility index (Phi) is 16.2. The van der Waals surface area contributed by atoms with Crippen LogP contribution in [0, 0.1) is 12.3 Å². The molecule has 0 unspecified atom stereocenters. The Morgan fingerprint density at radius 2 is 2.00 bits per heavy atom. The van der Waals surface area contributed by atoms with E-state index in [4.69, 9.17) is 11.6 Å². The number of hydrogen-bond donors (Lipinski definition) is 1. The first-order valence-electron chi connectivity index (χ1n) is 0.909. The first-order valence-corrected chi connectivity index (χ1v) is 1.44. The summed E-state index contributed by atoms with van der Waals surface area (Å²) in [5.74, 6) is 2.52. The summed E-state index contributed by atoms with van der Waals surface area (Å²) in [5, 5.41) is 0. The molecule has 0 saturated heterocycles. The van der Waals surface area contributed by atoms with Gasteiger partial charge in [0.25, 0.3) is 0 Å². The number of alkyl halides is 1. The van der Waals surface area contributed by atoms with Crippen LogP contribution >= 0.6 is 11.6 Å². The summed E-state index contributed by atoms with van der Waals surface area (Å²) >= 11 is 4.95. The van der Waals surface area contributed by atoms with Crippen molar-refractivity contribution in [2.75, 3.05) is 5.88 Å². The van der Waals surface area contributed by atoms with Crippen molar-refractivity contribution in [2.24, 2.45) is 0 Å². The molecule has 0 aromatic heterocycles. The molecule has 0 bridgehead atoms. The van der Waals surface area contributed by atoms with Gasteiger partial charge in [0, 0.05) is 0 Å². The van der Waals surface area contributed by atoms with Gasteiger partial charge in [0.1, 0.15) is 0 Å². The Morgan fingerprint density at radius 1 is 1.80 bits per heavy atom. The summed E-state index contributed by atoms with van der Waals surface area (Å²) in [5.41, 5.74) is 0. The van der Waals surface area contributed by atoms with Crippen molar-refractivity contribution in [3.05, 3.63) is 0 Å². The standard InChI is InChI=1S/C3H3Cl.H3N/c1-2-3-4;/h1H,3H2;1H3. The van der Waals surface area contributed by atoms with Crippen LogP contribution in [-0.2, 0) is 0 Å². The van der Waals surface area contributed by atoms with Gasteiger partial charge in [-0.3, -0.25) is 0 Å². The number of hydrogen-bond acceptors (Lipinski definition) is 1. The van der Waals surface area contributed by atoms with Gasteiger partial charge in [-0.15, -0.1) is 18.0 Å². The smallest absolute Gasteiger partial charge is 0.0832 e. The van der Waals surface area contributed by atoms with Gasteiger partial charge >= 0.3 is 0 Å². The first kappa shape index (κ1) is 8.84. The second-order valence-electron chi connectivity index (χ2n) is 0.338. The highest BCUT2D eigenvalue weighted by Gasteiger charge is 1.46. The zero-order valence-electron chi connectivity index (χ0n) is 2.87. The van der Waals surface area contributed by atoms with E-state index in [0.29, 0.717) is 5.88 Å². The van der Waals surface area contributed by atoms with Crippen LogP contribution in [0.1, 0.15) is 0 Å². The van der Waals surface area contributed by atoms with Crippen LogP contribution in [0.4, 0.5) is 0 Å². The zero-order valence-corrected chi connectivity index (χ0v) is 3.63. The highest BCUT2D eigenvalue weighted by molar-refractivity contribution is 6.19. The van der Waals surface area contributed by atoms with Crippen molar-refractivity contribution >= 4 is 11.6 Å². The van der Waals surface area contributed by atoms with Gasteiger partial charge in [-0.2, -0.15) is 0 Å². The van der Waals surface area contributed by atoms with Crippen LogP contribution in [0.5, 0.6) is 0 Å². The van der Waals surface area contributed by atoms with Crippen LogP contribution in [0.2, 0.25) is 0 Å². The van der Waals surface area contributed by atoms with Gasteiger partial charge in [-0.1, -0.05) is 5.92 Å². The second-order valence-corrected chi connectivity index (χ2v) is 0.605. The van der Waals surface area contributed by atoms with Gasteiger partial charge < -0.3 is 6.15 Å². The summed E-state index contributed by atoms with van der Waals surface area (Å²) in [4.78, 5) is 0. The van der Waals surface area contributed by atoms with Crippen LogP contribution in [0.15, 0.2) is 0 Å². The quantitative estimate of drug-likeness (QED) is 0.351. The van der Waals surface area contributed by atoms with Gasteiger partial charge in [0.05, 0.1) is 5.88 Å². The van der Waals surface area contributed by atoms with Crippen molar-refractivity contribution in [3.63, 3.8) is 0 Å². The molecule has 0 saturated carbocycles. The van der Waals surface area contributed by atoms with Gasteiger partial charge in [-0.25, -0.2) is 0 Å². The van der Waals surface area contributed by atoms with Gasteiger partial charge in [0.2, 0.25) is 0 Å². The van der Waals surface area contributed by atoms with E-state index in [2.05, 4.69) is 12.3 Å². The summed E-state index contributed by atoms with van der Waals surface area (Å²) < 4.78 is 0. The van der Waals surface area contributed by atoms with Crippen molar-refractivity contribution in [3.8, 4) is 12.3 Å². The summed E-state index contributed by atoms with van der Waals surface area (Å²) in [6, 6.07) is 0. The van der Waals surface area contributed by atoms with Crippen LogP contribution in [0.3, 0.4) is 0 Å². The summed E-state index contributed by atoms with van der Waals surface area (Å²) in [7, 11) is 0. The molecule has 2 heteroatoms. The van der Waals surface area contributed by atoms with E-state index in [0.717, 1.165) is 0 Å². The van der Waals surface area contributed by atoms with E-state index in [1.54, 1.807) is 0 Å². The molecule has 0 atom stereocenters. The molecular weight excluding hydrogens is 85.5 g/mol. The predicted molar refractivity (Wildman–Crippen MR) is 24.6 cm³/mol. The minimum Gasteiger partial charge on any atom is -0.344 e. The minimum atomic E-state index is 0. The van der Waals surface area contributed by atoms with Crippen molar-refractivity contribution in [1.82, 2.24) is 6.15 Å². The molecule has 3 N–H and O–H groups in total. The van der Waals surface area contributed by atoms with Crippen LogP contribution in [-0.4, -0.2) is 5.88 Å². The third kappa shape index (κ3) is 19.0. The van der Waals surface area contributed by atoms with E-state index >= 15 is 0 Å². The van der Waals surface area contributed by atoms with Crippen molar-refractivity contribution in [1.29, 1.82) is 0 Å². The van der Waals surface area contributed by atoms with Crippen LogP contribution in [0.25, 0.3) is 0 Å². The molecule has 0 spiro atoms. The molecule has 1 nitrogen and oxygen atoms in total. The molecule has 0 aliphatic carbocycles. The Hall–Kier alpha value is -0.190. The monoisotopic (exact) mass is 91.0 g/mol. The van der Waals surface area contributed by atoms with E-state index in [1.165, 1.54) is 0 Å². The molecule has 0 rings (SSSR count). The maximum absolute atomic E-state index is 4.95. The molecule has 0 aliphatic heterocycles. The van der Waals surface area contributed by atoms with Crippen LogP contribution < -0.4 is 6.15 Å². The zero-order chi connectivity index (χ0) is 3.41. The lowest BCUT2D eigenvalue weighted by Gasteiger charge is -1.50. The summed E-state index contributed by atoms with van der Waals surface area (Å²) in [6.45, 7) is 0. The maximum Gasteiger partial charge on any atom is 0.0832 e. The largest absolute Gasteiger partial charge is 0.344 e. The molecule has 0 radical (unpaired) electrons. The number of rotatable bonds is 0. The van der Waals surface area contributed by atoms with Gasteiger partial charge in [-0.05, 0) is 0 Å². The topological polar surface area (TPSA) is 35.0 Å². The molecule has 0 aromatic rings. The van der Waals surface area contributed by atoms with E-state index in [1.807, 2.05) is 0 Å². The molecule has 30 valence electrons. The van der Waals surface area contributed by atoms with Crippen molar-refractivity contribution in [2.45, 2.75) is 0 Å². The second kappa shape index (κ2) is 9.18. The van der Waals surface area contributed by atoms with E-state index in [9.17, 15) is 0 Å². The minimum absolute atomic E-state index is 0. The van der Waals surface area contributed by atoms with Crippen molar-refractivity contribution < 1.29 is 0 Å². The fraction of sp³-hybridized carbons (Fsp3) is 0.333. The molecule has 0 fully saturated rings. The normalized spacial score (nSPS) is 4.00. The Morgan fingerprint density at radius 3 is 2.00 bits per heavy atom.